The second-order valence-electron chi connectivity index (χ2n) is 10.2. The summed E-state index contributed by atoms with van der Waals surface area (Å²) in [5.74, 6) is 2.56. The number of ether oxygens (including phenoxy) is 2. The quantitative estimate of drug-likeness (QED) is 0.137. The molecule has 0 radical (unpaired) electrons. The molecule has 1 aliphatic rings. The van der Waals surface area contributed by atoms with Crippen LogP contribution in [-0.4, -0.2) is 40.1 Å². The van der Waals surface area contributed by atoms with Crippen LogP contribution in [0, 0.1) is 6.92 Å². The summed E-state index contributed by atoms with van der Waals surface area (Å²) < 4.78 is 13.7. The number of thioether (sulfide) groups is 1. The summed E-state index contributed by atoms with van der Waals surface area (Å²) in [7, 11) is 1.63. The number of hydrogen-bond acceptors (Lipinski definition) is 7. The molecule has 0 fully saturated rings. The fraction of sp³-hybridized carbons (Fsp3) is 0.303. The Morgan fingerprint density at radius 3 is 2.64 bits per heavy atom. The number of hydrogen-bond donors (Lipinski definition) is 2. The highest BCUT2D eigenvalue weighted by Crippen LogP contribution is 2.40. The van der Waals surface area contributed by atoms with E-state index in [1.54, 1.807) is 23.6 Å². The van der Waals surface area contributed by atoms with Crippen LogP contribution in [0.5, 0.6) is 11.5 Å². The highest BCUT2D eigenvalue weighted by Gasteiger charge is 2.35. The van der Waals surface area contributed by atoms with E-state index in [0.29, 0.717) is 34.8 Å². The molecule has 4 aromatic rings. The van der Waals surface area contributed by atoms with Crippen molar-refractivity contribution in [2.24, 2.45) is 0 Å². The monoisotopic (exact) mass is 583 g/mol. The largest absolute Gasteiger partial charge is 0.493 e. The van der Waals surface area contributed by atoms with Crippen LogP contribution in [0.3, 0.4) is 0 Å². The molecular weight excluding hydrogens is 546 g/mol. The van der Waals surface area contributed by atoms with Crippen molar-refractivity contribution >= 4 is 29.3 Å². The Morgan fingerprint density at radius 1 is 1.05 bits per heavy atom. The van der Waals surface area contributed by atoms with E-state index in [-0.39, 0.29) is 5.91 Å². The summed E-state index contributed by atoms with van der Waals surface area (Å²) in [5.41, 5.74) is 5.12. The smallest absolute Gasteiger partial charge is 0.255 e. The highest BCUT2D eigenvalue weighted by atomic mass is 32.2. The van der Waals surface area contributed by atoms with Crippen LogP contribution in [0.1, 0.15) is 49.4 Å². The van der Waals surface area contributed by atoms with Crippen LogP contribution in [0.2, 0.25) is 0 Å². The Hall–Kier alpha value is -4.24. The van der Waals surface area contributed by atoms with Crippen LogP contribution in [0.15, 0.2) is 89.2 Å². The zero-order valence-corrected chi connectivity index (χ0v) is 25.3. The topological polar surface area (TPSA) is 90.3 Å². The first-order valence-corrected chi connectivity index (χ1v) is 15.2. The Bertz CT molecular complexity index is 1570. The minimum Gasteiger partial charge on any atom is -0.493 e. The van der Waals surface area contributed by atoms with Crippen molar-refractivity contribution in [2.75, 3.05) is 30.1 Å². The van der Waals surface area contributed by atoms with Crippen molar-refractivity contribution in [3.63, 3.8) is 0 Å². The van der Waals surface area contributed by atoms with E-state index in [9.17, 15) is 4.79 Å². The molecule has 2 N–H and O–H groups in total. The first-order valence-electron chi connectivity index (χ1n) is 14.3. The molecule has 0 spiro atoms. The van der Waals surface area contributed by atoms with E-state index >= 15 is 0 Å². The van der Waals surface area contributed by atoms with Gasteiger partial charge in [-0.3, -0.25) is 4.79 Å². The molecule has 0 saturated heterocycles. The summed E-state index contributed by atoms with van der Waals surface area (Å²) in [6, 6.07) is 23.3. The second-order valence-corrected chi connectivity index (χ2v) is 11.3. The standard InChI is InChI=1S/C33H37N5O3S/c1-5-6-19-42-33-36-32-34-23(3)29(31(39)35-26-14-10-11-22(2)20-26)30(38(32)37-33)25-15-16-27(28(21-25)40-4)41-18-17-24-12-8-7-9-13-24/h7-16,20-21,30H,5-6,17-19H2,1-4H3,(H,35,39)(H,34,36,37). The minimum absolute atomic E-state index is 0.209. The number of anilines is 2. The number of unbranched alkanes of at least 4 members (excludes halogenated alkanes) is 1. The number of allylic oxidation sites excluding steroid dienone is 1. The van der Waals surface area contributed by atoms with Gasteiger partial charge in [0.2, 0.25) is 11.1 Å². The van der Waals surface area contributed by atoms with Crippen LogP contribution in [0.25, 0.3) is 0 Å². The van der Waals surface area contributed by atoms with E-state index in [1.807, 2.05) is 74.5 Å². The third kappa shape index (κ3) is 6.79. The summed E-state index contributed by atoms with van der Waals surface area (Å²) in [6.07, 6.45) is 2.97. The normalized spacial score (nSPS) is 14.2. The van der Waals surface area contributed by atoms with Gasteiger partial charge in [-0.05, 0) is 61.2 Å². The van der Waals surface area contributed by atoms with Crippen LogP contribution < -0.4 is 20.1 Å². The molecule has 218 valence electrons. The lowest BCUT2D eigenvalue weighted by Crippen LogP contribution is -2.31. The van der Waals surface area contributed by atoms with Gasteiger partial charge in [-0.25, -0.2) is 4.68 Å². The third-order valence-electron chi connectivity index (χ3n) is 7.08. The summed E-state index contributed by atoms with van der Waals surface area (Å²) >= 11 is 1.62. The molecule has 0 bridgehead atoms. The summed E-state index contributed by atoms with van der Waals surface area (Å²) in [6.45, 7) is 6.58. The number of methoxy groups -OCH3 is 1. The maximum absolute atomic E-state index is 13.9. The summed E-state index contributed by atoms with van der Waals surface area (Å²) in [5, 5.41) is 11.9. The van der Waals surface area contributed by atoms with Gasteiger partial charge in [0.05, 0.1) is 19.3 Å². The van der Waals surface area contributed by atoms with Crippen molar-refractivity contribution < 1.29 is 14.3 Å². The number of benzene rings is 3. The first-order chi connectivity index (χ1) is 20.5. The molecule has 9 heteroatoms. The van der Waals surface area contributed by atoms with E-state index in [4.69, 9.17) is 19.6 Å². The van der Waals surface area contributed by atoms with Crippen molar-refractivity contribution in [1.82, 2.24) is 14.8 Å². The molecule has 42 heavy (non-hydrogen) atoms. The average Bonchev–Trinajstić information content (AvgIpc) is 3.39. The van der Waals surface area contributed by atoms with Crippen LogP contribution >= 0.6 is 11.8 Å². The lowest BCUT2D eigenvalue weighted by molar-refractivity contribution is -0.113. The van der Waals surface area contributed by atoms with E-state index in [0.717, 1.165) is 47.5 Å². The predicted octanol–water partition coefficient (Wildman–Crippen LogP) is 7.04. The summed E-state index contributed by atoms with van der Waals surface area (Å²) in [4.78, 5) is 18.6. The van der Waals surface area contributed by atoms with Gasteiger partial charge in [0, 0.05) is 23.6 Å². The Labute approximate surface area is 251 Å². The van der Waals surface area contributed by atoms with Gasteiger partial charge >= 0.3 is 0 Å². The lowest BCUT2D eigenvalue weighted by Gasteiger charge is -2.29. The zero-order valence-electron chi connectivity index (χ0n) is 24.5. The second kappa shape index (κ2) is 13.6. The van der Waals surface area contributed by atoms with Gasteiger partial charge in [-0.1, -0.05) is 73.6 Å². The molecule has 0 aliphatic carbocycles. The lowest BCUT2D eigenvalue weighted by atomic mass is 9.94. The highest BCUT2D eigenvalue weighted by molar-refractivity contribution is 7.99. The predicted molar refractivity (Wildman–Crippen MR) is 169 cm³/mol. The molecule has 2 heterocycles. The first kappa shape index (κ1) is 29.3. The minimum atomic E-state index is -0.522. The number of nitrogens with zero attached hydrogens (tertiary/aromatic N) is 3. The van der Waals surface area contributed by atoms with Crippen LogP contribution in [-0.2, 0) is 11.2 Å². The maximum Gasteiger partial charge on any atom is 0.255 e. The van der Waals surface area contributed by atoms with Gasteiger partial charge in [-0.15, -0.1) is 5.10 Å². The molecule has 8 nitrogen and oxygen atoms in total. The van der Waals surface area contributed by atoms with Crippen molar-refractivity contribution in [2.45, 2.75) is 51.2 Å². The Balaban J connectivity index is 1.47. The zero-order chi connectivity index (χ0) is 29.5. The number of aromatic nitrogens is 3. The fourth-order valence-corrected chi connectivity index (χ4v) is 5.83. The molecule has 1 atom stereocenters. The van der Waals surface area contributed by atoms with Gasteiger partial charge in [0.15, 0.2) is 11.5 Å². The number of amides is 1. The van der Waals surface area contributed by atoms with Gasteiger partial charge in [-0.2, -0.15) is 4.98 Å². The van der Waals surface area contributed by atoms with Crippen molar-refractivity contribution in [1.29, 1.82) is 0 Å². The molecule has 1 amide bonds. The van der Waals surface area contributed by atoms with E-state index in [2.05, 4.69) is 29.7 Å². The molecule has 1 aliphatic heterocycles. The molecular formula is C33H37N5O3S. The fourth-order valence-electron chi connectivity index (χ4n) is 4.92. The SMILES string of the molecule is CCCCSc1nc2n(n1)C(c1ccc(OCCc3ccccc3)c(OC)c1)C(C(=O)Nc1cccc(C)c1)=C(C)N2. The van der Waals surface area contributed by atoms with Crippen molar-refractivity contribution in [3.8, 4) is 11.5 Å². The number of carbonyl (C=O) groups is 1. The maximum atomic E-state index is 13.9. The number of fused-ring (bicyclic) bond motifs is 1. The van der Waals surface area contributed by atoms with Gasteiger partial charge in [0.25, 0.3) is 5.91 Å². The van der Waals surface area contributed by atoms with E-state index < -0.39 is 6.04 Å². The van der Waals surface area contributed by atoms with Crippen molar-refractivity contribution in [3.05, 3.63) is 101 Å². The van der Waals surface area contributed by atoms with Gasteiger partial charge < -0.3 is 20.1 Å². The van der Waals surface area contributed by atoms with Crippen LogP contribution in [0.4, 0.5) is 11.6 Å². The molecule has 1 unspecified atom stereocenters. The number of aryl methyl sites for hydroxylation is 1. The Kier molecular flexibility index (Phi) is 9.48. The van der Waals surface area contributed by atoms with E-state index in [1.165, 1.54) is 5.56 Å². The number of nitrogens with one attached hydrogen (secondary N) is 2. The molecule has 3 aromatic carbocycles. The third-order valence-corrected chi connectivity index (χ3v) is 8.00. The molecule has 5 rings (SSSR count). The molecule has 1 aromatic heterocycles. The van der Waals surface area contributed by atoms with Gasteiger partial charge in [0.1, 0.15) is 6.04 Å². The number of carbonyl (C=O) groups excluding carboxylic acids is 1. The number of rotatable bonds is 12. The average molecular weight is 584 g/mol. The molecule has 0 saturated carbocycles. The Morgan fingerprint density at radius 2 is 1.88 bits per heavy atom.